The van der Waals surface area contributed by atoms with Gasteiger partial charge in [0, 0.05) is 10.2 Å². The molecule has 0 nitrogen and oxygen atoms in total. The first-order valence-electron chi connectivity index (χ1n) is 5.94. The molecule has 1 aliphatic rings. The Morgan fingerprint density at radius 1 is 0.938 bits per heavy atom. The summed E-state index contributed by atoms with van der Waals surface area (Å²) in [5, 5.41) is 1.62. The molecule has 0 aromatic heterocycles. The van der Waals surface area contributed by atoms with E-state index < -0.39 is 0 Å². The SMILES string of the molecule is CC1=C([SiH3])C(C)=C(c2cc(C)cc(C)c2)C1. The Hall–Kier alpha value is -1.08. The van der Waals surface area contributed by atoms with Crippen LogP contribution in [0.2, 0.25) is 0 Å². The predicted octanol–water partition coefficient (Wildman–Crippen LogP) is 3.12. The largest absolute Gasteiger partial charge is 0.0704 e. The predicted molar refractivity (Wildman–Crippen MR) is 75.8 cm³/mol. The smallest absolute Gasteiger partial charge is 0.0388 e. The van der Waals surface area contributed by atoms with Gasteiger partial charge in [-0.2, -0.15) is 0 Å². The molecule has 1 aromatic carbocycles. The van der Waals surface area contributed by atoms with Crippen molar-refractivity contribution in [3.05, 3.63) is 51.2 Å². The summed E-state index contributed by atoms with van der Waals surface area (Å²) >= 11 is 0. The van der Waals surface area contributed by atoms with Crippen molar-refractivity contribution in [1.82, 2.24) is 0 Å². The highest BCUT2D eigenvalue weighted by Gasteiger charge is 2.16. The van der Waals surface area contributed by atoms with Gasteiger partial charge in [-0.3, -0.25) is 0 Å². The van der Waals surface area contributed by atoms with Crippen LogP contribution < -0.4 is 0 Å². The van der Waals surface area contributed by atoms with Gasteiger partial charge in [-0.1, -0.05) is 40.1 Å². The van der Waals surface area contributed by atoms with Gasteiger partial charge in [-0.05, 0) is 50.8 Å². The van der Waals surface area contributed by atoms with E-state index >= 15 is 0 Å². The van der Waals surface area contributed by atoms with Gasteiger partial charge in [0.1, 0.15) is 0 Å². The van der Waals surface area contributed by atoms with Crippen LogP contribution in [0.25, 0.3) is 5.57 Å². The second-order valence-electron chi connectivity index (χ2n) is 5.06. The third-order valence-corrected chi connectivity index (χ3v) is 5.27. The Kier molecular flexibility index (Phi) is 2.89. The molecule has 0 heterocycles. The summed E-state index contributed by atoms with van der Waals surface area (Å²) in [6.07, 6.45) is 1.16. The van der Waals surface area contributed by atoms with Gasteiger partial charge in [0.15, 0.2) is 0 Å². The molecule has 0 bridgehead atoms. The minimum absolute atomic E-state index is 1.16. The average molecular weight is 228 g/mol. The number of hydrogen-bond donors (Lipinski definition) is 0. The fourth-order valence-electron chi connectivity index (χ4n) is 2.54. The fraction of sp³-hybridized carbons (Fsp3) is 0.333. The molecule has 0 saturated heterocycles. The van der Waals surface area contributed by atoms with Gasteiger partial charge < -0.3 is 0 Å². The maximum Gasteiger partial charge on any atom is 0.0388 e. The van der Waals surface area contributed by atoms with Crippen molar-refractivity contribution in [2.75, 3.05) is 0 Å². The summed E-state index contributed by atoms with van der Waals surface area (Å²) in [6.45, 7) is 8.93. The molecule has 0 spiro atoms. The van der Waals surface area contributed by atoms with Crippen LogP contribution in [-0.4, -0.2) is 10.2 Å². The van der Waals surface area contributed by atoms with Gasteiger partial charge in [0.05, 0.1) is 0 Å². The van der Waals surface area contributed by atoms with Crippen LogP contribution in [0.1, 0.15) is 37.0 Å². The molecule has 0 amide bonds. The molecule has 0 saturated carbocycles. The van der Waals surface area contributed by atoms with Gasteiger partial charge in [-0.15, -0.1) is 0 Å². The zero-order valence-corrected chi connectivity index (χ0v) is 12.9. The molecular weight excluding hydrogens is 208 g/mol. The topological polar surface area (TPSA) is 0 Å². The van der Waals surface area contributed by atoms with Crippen LogP contribution in [0, 0.1) is 13.8 Å². The zero-order valence-electron chi connectivity index (χ0n) is 10.9. The second kappa shape index (κ2) is 4.06. The van der Waals surface area contributed by atoms with E-state index in [0.717, 1.165) is 6.42 Å². The highest BCUT2D eigenvalue weighted by molar-refractivity contribution is 6.26. The van der Waals surface area contributed by atoms with E-state index in [1.54, 1.807) is 16.3 Å². The first-order valence-corrected chi connectivity index (χ1v) is 6.94. The Balaban J connectivity index is 2.49. The van der Waals surface area contributed by atoms with Crippen LogP contribution in [0.4, 0.5) is 0 Å². The lowest BCUT2D eigenvalue weighted by molar-refractivity contribution is 1.24. The third-order valence-electron chi connectivity index (χ3n) is 3.67. The van der Waals surface area contributed by atoms with E-state index in [1.807, 2.05) is 0 Å². The lowest BCUT2D eigenvalue weighted by atomic mass is 9.97. The van der Waals surface area contributed by atoms with Crippen molar-refractivity contribution in [1.29, 1.82) is 0 Å². The minimum atomic E-state index is 1.16. The Labute approximate surface area is 102 Å². The van der Waals surface area contributed by atoms with Crippen LogP contribution in [0.15, 0.2) is 34.5 Å². The molecule has 0 N–H and O–H groups in total. The highest BCUT2D eigenvalue weighted by atomic mass is 28.1. The van der Waals surface area contributed by atoms with Crippen molar-refractivity contribution in [2.24, 2.45) is 0 Å². The van der Waals surface area contributed by atoms with Crippen LogP contribution in [-0.2, 0) is 0 Å². The summed E-state index contributed by atoms with van der Waals surface area (Å²) in [5.41, 5.74) is 8.84. The first-order chi connectivity index (χ1) is 7.49. The molecular formula is C15H20Si. The zero-order chi connectivity index (χ0) is 11.9. The van der Waals surface area contributed by atoms with Crippen molar-refractivity contribution in [2.45, 2.75) is 34.1 Å². The molecule has 1 heteroatoms. The summed E-state index contributed by atoms with van der Waals surface area (Å²) in [7, 11) is 1.18. The lowest BCUT2D eigenvalue weighted by Gasteiger charge is -2.08. The lowest BCUT2D eigenvalue weighted by Crippen LogP contribution is -1.88. The van der Waals surface area contributed by atoms with Gasteiger partial charge in [0.2, 0.25) is 0 Å². The van der Waals surface area contributed by atoms with Gasteiger partial charge >= 0.3 is 0 Å². The highest BCUT2D eigenvalue weighted by Crippen LogP contribution is 2.36. The van der Waals surface area contributed by atoms with E-state index in [1.165, 1.54) is 32.5 Å². The quantitative estimate of drug-likeness (QED) is 0.648. The normalized spacial score (nSPS) is 16.5. The van der Waals surface area contributed by atoms with Crippen LogP contribution >= 0.6 is 0 Å². The fourth-order valence-corrected chi connectivity index (χ4v) is 3.02. The summed E-state index contributed by atoms with van der Waals surface area (Å²) in [4.78, 5) is 0. The van der Waals surface area contributed by atoms with Crippen molar-refractivity contribution in [3.8, 4) is 0 Å². The Bertz CT molecular complexity index is 484. The monoisotopic (exact) mass is 228 g/mol. The third kappa shape index (κ3) is 1.92. The van der Waals surface area contributed by atoms with E-state index in [0.29, 0.717) is 0 Å². The van der Waals surface area contributed by atoms with E-state index in [4.69, 9.17) is 0 Å². The molecule has 0 fully saturated rings. The first kappa shape index (κ1) is 11.4. The van der Waals surface area contributed by atoms with Crippen molar-refractivity contribution in [3.63, 3.8) is 0 Å². The molecule has 0 aliphatic heterocycles. The van der Waals surface area contributed by atoms with Crippen molar-refractivity contribution < 1.29 is 0 Å². The van der Waals surface area contributed by atoms with E-state index in [2.05, 4.69) is 45.9 Å². The number of allylic oxidation sites excluding steroid dienone is 4. The molecule has 16 heavy (non-hydrogen) atoms. The minimum Gasteiger partial charge on any atom is -0.0704 e. The number of hydrogen-bond acceptors (Lipinski definition) is 0. The summed E-state index contributed by atoms with van der Waals surface area (Å²) < 4.78 is 0. The Morgan fingerprint density at radius 3 is 1.94 bits per heavy atom. The molecule has 0 unspecified atom stereocenters. The van der Waals surface area contributed by atoms with Crippen LogP contribution in [0.5, 0.6) is 0 Å². The number of benzene rings is 1. The average Bonchev–Trinajstić information content (AvgIpc) is 2.44. The molecule has 1 aliphatic carbocycles. The molecule has 1 aromatic rings. The maximum atomic E-state index is 2.32. The number of rotatable bonds is 1. The van der Waals surface area contributed by atoms with E-state index in [-0.39, 0.29) is 0 Å². The molecule has 84 valence electrons. The standard InChI is InChI=1S/C15H20Si/c1-9-5-10(2)7-13(6-9)14-8-11(3)15(16)12(14)4/h5-7H,8H2,1-4,16H3. The number of aryl methyl sites for hydroxylation is 2. The maximum absolute atomic E-state index is 2.32. The summed E-state index contributed by atoms with van der Waals surface area (Å²) in [6, 6.07) is 6.88. The molecule has 0 atom stereocenters. The molecule has 0 radical (unpaired) electrons. The summed E-state index contributed by atoms with van der Waals surface area (Å²) in [5.74, 6) is 0. The van der Waals surface area contributed by atoms with Gasteiger partial charge in [-0.25, -0.2) is 0 Å². The Morgan fingerprint density at radius 2 is 1.50 bits per heavy atom. The van der Waals surface area contributed by atoms with Gasteiger partial charge in [0.25, 0.3) is 0 Å². The van der Waals surface area contributed by atoms with Crippen molar-refractivity contribution >= 4 is 15.8 Å². The van der Waals surface area contributed by atoms with E-state index in [9.17, 15) is 0 Å². The molecule has 2 rings (SSSR count). The van der Waals surface area contributed by atoms with Crippen LogP contribution in [0.3, 0.4) is 0 Å². The second-order valence-corrected chi connectivity index (χ2v) is 6.06.